The molecule has 2 radical (unpaired) electrons. The van der Waals surface area contributed by atoms with Gasteiger partial charge in [-0.05, 0) is 31.7 Å². The smallest absolute Gasteiger partial charge is 0.277 e. The van der Waals surface area contributed by atoms with E-state index in [1.807, 2.05) is 13.1 Å². The molecule has 0 atom stereocenters. The molecule has 0 saturated heterocycles. The van der Waals surface area contributed by atoms with E-state index in [-0.39, 0.29) is 11.0 Å². The number of ether oxygens (including phenoxy) is 1. The van der Waals surface area contributed by atoms with E-state index in [9.17, 15) is 0 Å². The fourth-order valence-electron chi connectivity index (χ4n) is 0.622. The van der Waals surface area contributed by atoms with Crippen molar-refractivity contribution in [3.63, 3.8) is 0 Å². The van der Waals surface area contributed by atoms with Crippen LogP contribution < -0.4 is 0 Å². The molecule has 0 aromatic carbocycles. The Hall–Kier alpha value is -0.805. The Balaban J connectivity index is 0. The Morgan fingerprint density at radius 3 is 1.76 bits per heavy atom. The van der Waals surface area contributed by atoms with Crippen molar-refractivity contribution in [2.75, 3.05) is 7.11 Å². The van der Waals surface area contributed by atoms with E-state index in [1.54, 1.807) is 13.3 Å². The van der Waals surface area contributed by atoms with E-state index in [4.69, 9.17) is 9.76 Å². The van der Waals surface area contributed by atoms with Crippen molar-refractivity contribution in [2.24, 2.45) is 5.41 Å². The molecule has 0 amide bonds. The van der Waals surface area contributed by atoms with Crippen LogP contribution in [0.5, 0.6) is 0 Å². The summed E-state index contributed by atoms with van der Waals surface area (Å²) in [5, 5.41) is 12.9. The van der Waals surface area contributed by atoms with Crippen LogP contribution in [0.3, 0.4) is 0 Å². The lowest BCUT2D eigenvalue weighted by Gasteiger charge is -2.37. The van der Waals surface area contributed by atoms with E-state index < -0.39 is 0 Å². The normalized spacial score (nSPS) is 10.8. The summed E-state index contributed by atoms with van der Waals surface area (Å²) >= 11 is 0. The van der Waals surface area contributed by atoms with Gasteiger partial charge in [0.1, 0.15) is 0 Å². The van der Waals surface area contributed by atoms with Crippen LogP contribution in [0, 0.1) is 12.3 Å². The minimum atomic E-state index is -0.0208. The van der Waals surface area contributed by atoms with Crippen LogP contribution in [0.2, 0.25) is 0 Å². The molecule has 1 aromatic rings. The molecule has 0 fully saturated rings. The van der Waals surface area contributed by atoms with Gasteiger partial charge in [0.2, 0.25) is 0 Å². The zero-order chi connectivity index (χ0) is 14.1. The largest absolute Gasteiger partial charge is 0.461 e. The van der Waals surface area contributed by atoms with E-state index >= 15 is 0 Å². The van der Waals surface area contributed by atoms with Crippen LogP contribution in [0.1, 0.15) is 40.2 Å². The van der Waals surface area contributed by atoms with Crippen molar-refractivity contribution in [3.8, 4) is 0 Å². The molecule has 4 nitrogen and oxygen atoms in total. The standard InChI is InChI=1S/C8H18O.C4H6N2.BHO/c1-7(2,3)8(4,5)9-6;1-4-2-5-6-3-4;1-2/h1-6H3;2-3H,1H3,(H,5,6);2H. The van der Waals surface area contributed by atoms with Gasteiger partial charge in [-0.25, -0.2) is 0 Å². The van der Waals surface area contributed by atoms with Gasteiger partial charge in [0.25, 0.3) is 8.05 Å². The predicted molar refractivity (Wildman–Crippen MR) is 71.8 cm³/mol. The Morgan fingerprint density at radius 1 is 1.24 bits per heavy atom. The lowest BCUT2D eigenvalue weighted by atomic mass is 9.79. The summed E-state index contributed by atoms with van der Waals surface area (Å²) in [6.07, 6.45) is 3.62. The van der Waals surface area contributed by atoms with Crippen LogP contribution in [0.4, 0.5) is 0 Å². The maximum absolute atomic E-state index is 6.50. The lowest BCUT2D eigenvalue weighted by molar-refractivity contribution is -0.0620. The molecule has 0 aliphatic carbocycles. The second-order valence-corrected chi connectivity index (χ2v) is 5.24. The summed E-state index contributed by atoms with van der Waals surface area (Å²) in [6.45, 7) is 12.7. The number of nitrogens with zero attached hydrogens (tertiary/aromatic N) is 1. The first kappa shape index (κ1) is 18.6. The second-order valence-electron chi connectivity index (χ2n) is 5.24. The first-order valence-electron chi connectivity index (χ1n) is 5.47. The van der Waals surface area contributed by atoms with Crippen molar-refractivity contribution >= 4 is 8.05 Å². The Kier molecular flexibility index (Phi) is 9.07. The molecule has 0 unspecified atom stereocenters. The maximum atomic E-state index is 6.50. The highest BCUT2D eigenvalue weighted by molar-refractivity contribution is 5.95. The number of methoxy groups -OCH3 is 1. The predicted octanol–water partition coefficient (Wildman–Crippen LogP) is 2.24. The monoisotopic (exact) mass is 240 g/mol. The number of rotatable bonds is 1. The molecule has 1 heterocycles. The Morgan fingerprint density at radius 2 is 1.71 bits per heavy atom. The highest BCUT2D eigenvalue weighted by Gasteiger charge is 2.32. The minimum Gasteiger partial charge on any atom is -0.461 e. The van der Waals surface area contributed by atoms with Gasteiger partial charge in [-0.15, -0.1) is 0 Å². The molecule has 0 aliphatic heterocycles. The molecule has 2 N–H and O–H groups in total. The number of aromatic nitrogens is 2. The van der Waals surface area contributed by atoms with Gasteiger partial charge >= 0.3 is 0 Å². The summed E-state index contributed by atoms with van der Waals surface area (Å²) in [5.41, 5.74) is 1.38. The molecule has 17 heavy (non-hydrogen) atoms. The van der Waals surface area contributed by atoms with E-state index in [0.717, 1.165) is 0 Å². The topological polar surface area (TPSA) is 58.1 Å². The Bertz CT molecular complexity index is 267. The maximum Gasteiger partial charge on any atom is 0.277 e. The van der Waals surface area contributed by atoms with Crippen molar-refractivity contribution < 1.29 is 9.76 Å². The first-order valence-corrected chi connectivity index (χ1v) is 5.47. The molecule has 0 bridgehead atoms. The van der Waals surface area contributed by atoms with Crippen LogP contribution in [0.15, 0.2) is 12.4 Å². The van der Waals surface area contributed by atoms with Crippen LogP contribution in [-0.4, -0.2) is 36.0 Å². The molecule has 0 saturated carbocycles. The summed E-state index contributed by atoms with van der Waals surface area (Å²) in [5.74, 6) is 0. The van der Waals surface area contributed by atoms with Gasteiger partial charge in [-0.2, -0.15) is 5.10 Å². The SMILES string of the molecule is COC(C)(C)C(C)(C)C.Cc1cn[nH]c1.[B]O. The van der Waals surface area contributed by atoms with Crippen molar-refractivity contribution in [1.29, 1.82) is 0 Å². The third kappa shape index (κ3) is 7.99. The molecule has 0 aliphatic rings. The molecule has 1 aromatic heterocycles. The average molecular weight is 240 g/mol. The molecular formula is C12H25BN2O2. The highest BCUT2D eigenvalue weighted by Crippen LogP contribution is 2.31. The van der Waals surface area contributed by atoms with Gasteiger partial charge in [0, 0.05) is 13.3 Å². The fourth-order valence-corrected chi connectivity index (χ4v) is 0.622. The summed E-state index contributed by atoms with van der Waals surface area (Å²) in [7, 11) is 5.26. The number of nitrogens with one attached hydrogen (secondary N) is 1. The molecule has 0 spiro atoms. The number of H-pyrrole nitrogens is 1. The third-order valence-corrected chi connectivity index (χ3v) is 2.95. The summed E-state index contributed by atoms with van der Waals surface area (Å²) < 4.78 is 5.30. The van der Waals surface area contributed by atoms with E-state index in [0.29, 0.717) is 0 Å². The van der Waals surface area contributed by atoms with Crippen molar-refractivity contribution in [2.45, 2.75) is 47.1 Å². The van der Waals surface area contributed by atoms with Gasteiger partial charge in [-0.1, -0.05) is 20.8 Å². The van der Waals surface area contributed by atoms with Gasteiger partial charge in [0.05, 0.1) is 11.8 Å². The molecular weight excluding hydrogens is 215 g/mol. The van der Waals surface area contributed by atoms with Crippen LogP contribution in [-0.2, 0) is 4.74 Å². The number of hydrogen-bond donors (Lipinski definition) is 2. The third-order valence-electron chi connectivity index (χ3n) is 2.95. The highest BCUT2D eigenvalue weighted by atomic mass is 16.5. The lowest BCUT2D eigenvalue weighted by Crippen LogP contribution is -2.38. The van der Waals surface area contributed by atoms with Crippen LogP contribution in [0.25, 0.3) is 0 Å². The zero-order valence-corrected chi connectivity index (χ0v) is 12.0. The van der Waals surface area contributed by atoms with Gasteiger partial charge in [0.15, 0.2) is 0 Å². The van der Waals surface area contributed by atoms with E-state index in [1.165, 1.54) is 5.56 Å². The van der Waals surface area contributed by atoms with E-state index in [2.05, 4.69) is 52.9 Å². The summed E-state index contributed by atoms with van der Waals surface area (Å²) in [4.78, 5) is 0. The molecule has 1 rings (SSSR count). The summed E-state index contributed by atoms with van der Waals surface area (Å²) in [6, 6.07) is 0. The average Bonchev–Trinajstić information content (AvgIpc) is 2.71. The van der Waals surface area contributed by atoms with Gasteiger partial charge in [-0.3, -0.25) is 5.10 Å². The first-order chi connectivity index (χ1) is 7.70. The van der Waals surface area contributed by atoms with Crippen molar-refractivity contribution in [3.05, 3.63) is 18.0 Å². The molecule has 5 heteroatoms. The van der Waals surface area contributed by atoms with Gasteiger partial charge < -0.3 is 9.76 Å². The molecule has 98 valence electrons. The fraction of sp³-hybridized carbons (Fsp3) is 0.750. The number of aryl methyl sites for hydroxylation is 1. The van der Waals surface area contributed by atoms with Crippen LogP contribution >= 0.6 is 0 Å². The van der Waals surface area contributed by atoms with Crippen molar-refractivity contribution in [1.82, 2.24) is 10.2 Å². The zero-order valence-electron chi connectivity index (χ0n) is 12.0. The quantitative estimate of drug-likeness (QED) is 0.740. The number of aromatic amines is 1. The minimum absolute atomic E-state index is 0.0208. The number of hydrogen-bond acceptors (Lipinski definition) is 3. The second kappa shape index (κ2) is 8.31. The Labute approximate surface area is 106 Å².